The van der Waals surface area contributed by atoms with E-state index in [4.69, 9.17) is 16.3 Å². The third-order valence-electron chi connectivity index (χ3n) is 8.30. The summed E-state index contributed by atoms with van der Waals surface area (Å²) in [7, 11) is -2.87. The molecule has 5 rings (SSSR count). The SMILES string of the molecule is COc1ccc(N(CC(=O)N(Cc2ccccc2F)[C@H](Cc2ccccc2)C(=O)NC2CCCC2)S(=O)(=O)c2ccccc2)cc1Cl. The number of ether oxygens (including phenoxy) is 1. The number of methoxy groups -OCH3 is 1. The minimum absolute atomic E-state index is 0.0393. The van der Waals surface area contributed by atoms with Crippen molar-refractivity contribution in [2.24, 2.45) is 0 Å². The third-order valence-corrected chi connectivity index (χ3v) is 10.4. The van der Waals surface area contributed by atoms with Crippen LogP contribution in [0.4, 0.5) is 10.1 Å². The molecule has 1 N–H and O–H groups in total. The zero-order valence-electron chi connectivity index (χ0n) is 26.0. The van der Waals surface area contributed by atoms with Crippen molar-refractivity contribution in [1.82, 2.24) is 10.2 Å². The molecule has 0 aromatic heterocycles. The number of rotatable bonds is 13. The Hall–Kier alpha value is -4.41. The Morgan fingerprint density at radius 2 is 1.57 bits per heavy atom. The van der Waals surface area contributed by atoms with Crippen LogP contribution in [0.15, 0.2) is 108 Å². The van der Waals surface area contributed by atoms with E-state index >= 15 is 4.39 Å². The first-order valence-electron chi connectivity index (χ1n) is 15.5. The summed E-state index contributed by atoms with van der Waals surface area (Å²) in [5.41, 5.74) is 1.10. The van der Waals surface area contributed by atoms with Crippen LogP contribution in [0.5, 0.6) is 5.75 Å². The molecule has 11 heteroatoms. The summed E-state index contributed by atoms with van der Waals surface area (Å²) in [6.07, 6.45) is 3.77. The van der Waals surface area contributed by atoms with E-state index < -0.39 is 34.3 Å². The van der Waals surface area contributed by atoms with Crippen LogP contribution in [0.2, 0.25) is 5.02 Å². The fraction of sp³-hybridized carbons (Fsp3) is 0.278. The molecule has 0 unspecified atom stereocenters. The van der Waals surface area contributed by atoms with Crippen LogP contribution in [-0.4, -0.2) is 50.9 Å². The second-order valence-electron chi connectivity index (χ2n) is 11.5. The molecule has 0 spiro atoms. The minimum atomic E-state index is -4.31. The highest BCUT2D eigenvalue weighted by Gasteiger charge is 2.36. The molecule has 0 aliphatic heterocycles. The Morgan fingerprint density at radius 3 is 2.21 bits per heavy atom. The van der Waals surface area contributed by atoms with Crippen molar-refractivity contribution in [1.29, 1.82) is 0 Å². The van der Waals surface area contributed by atoms with Gasteiger partial charge >= 0.3 is 0 Å². The summed E-state index contributed by atoms with van der Waals surface area (Å²) in [6.45, 7) is -0.944. The average Bonchev–Trinajstić information content (AvgIpc) is 3.59. The van der Waals surface area contributed by atoms with E-state index in [1.165, 1.54) is 48.4 Å². The predicted octanol–water partition coefficient (Wildman–Crippen LogP) is 6.38. The maximum atomic E-state index is 15.1. The quantitative estimate of drug-likeness (QED) is 0.177. The minimum Gasteiger partial charge on any atom is -0.495 e. The predicted molar refractivity (Wildman–Crippen MR) is 180 cm³/mol. The van der Waals surface area contributed by atoms with Crippen LogP contribution in [0.25, 0.3) is 0 Å². The van der Waals surface area contributed by atoms with Crippen molar-refractivity contribution in [2.45, 2.75) is 55.6 Å². The van der Waals surface area contributed by atoms with E-state index in [0.29, 0.717) is 5.75 Å². The second kappa shape index (κ2) is 15.5. The standard InChI is InChI=1S/C36H37ClFN3O5S/c1-46-34-21-20-29(23-31(34)37)41(47(44,45)30-17-6-3-7-18-30)25-35(42)40(24-27-14-8-11-19-32(27)38)33(22-26-12-4-2-5-13-26)36(43)39-28-15-9-10-16-28/h2-8,11-14,17-21,23,28,33H,9-10,15-16,22,24-25H2,1H3,(H,39,43)/t33-/m1/s1. The van der Waals surface area contributed by atoms with Crippen LogP contribution >= 0.6 is 11.6 Å². The van der Waals surface area contributed by atoms with Gasteiger partial charge in [0, 0.05) is 24.6 Å². The van der Waals surface area contributed by atoms with Gasteiger partial charge in [-0.3, -0.25) is 13.9 Å². The van der Waals surface area contributed by atoms with Gasteiger partial charge in [-0.1, -0.05) is 91.2 Å². The van der Waals surface area contributed by atoms with Gasteiger partial charge in [-0.2, -0.15) is 0 Å². The van der Waals surface area contributed by atoms with E-state index in [9.17, 15) is 18.0 Å². The molecule has 8 nitrogen and oxygen atoms in total. The van der Waals surface area contributed by atoms with Crippen LogP contribution in [0.3, 0.4) is 0 Å². The van der Waals surface area contributed by atoms with Crippen molar-refractivity contribution < 1.29 is 27.1 Å². The number of halogens is 2. The first-order valence-corrected chi connectivity index (χ1v) is 17.3. The number of sulfonamides is 1. The third kappa shape index (κ3) is 8.31. The molecular formula is C36H37ClFN3O5S. The van der Waals surface area contributed by atoms with Crippen LogP contribution < -0.4 is 14.4 Å². The van der Waals surface area contributed by atoms with Gasteiger partial charge in [0.2, 0.25) is 11.8 Å². The number of hydrogen-bond donors (Lipinski definition) is 1. The van der Waals surface area contributed by atoms with Crippen molar-refractivity contribution in [2.75, 3.05) is 18.0 Å². The first kappa shape index (κ1) is 33.9. The maximum absolute atomic E-state index is 15.1. The number of hydrogen-bond acceptors (Lipinski definition) is 5. The van der Waals surface area contributed by atoms with Crippen LogP contribution in [-0.2, 0) is 32.6 Å². The lowest BCUT2D eigenvalue weighted by Gasteiger charge is -2.34. The molecule has 4 aromatic carbocycles. The molecule has 1 fully saturated rings. The molecule has 0 bridgehead atoms. The number of nitrogens with zero attached hydrogens (tertiary/aromatic N) is 2. The van der Waals surface area contributed by atoms with E-state index in [0.717, 1.165) is 35.6 Å². The summed E-state index contributed by atoms with van der Waals surface area (Å²) in [4.78, 5) is 29.9. The molecule has 1 atom stereocenters. The van der Waals surface area contributed by atoms with Gasteiger partial charge in [0.15, 0.2) is 0 Å². The molecule has 1 saturated carbocycles. The lowest BCUT2D eigenvalue weighted by atomic mass is 10.0. The van der Waals surface area contributed by atoms with E-state index in [1.807, 2.05) is 30.3 Å². The largest absolute Gasteiger partial charge is 0.495 e. The monoisotopic (exact) mass is 677 g/mol. The lowest BCUT2D eigenvalue weighted by molar-refractivity contribution is -0.140. The number of nitrogens with one attached hydrogen (secondary N) is 1. The summed E-state index contributed by atoms with van der Waals surface area (Å²) >= 11 is 6.42. The van der Waals surface area contributed by atoms with Gasteiger partial charge in [-0.05, 0) is 54.8 Å². The zero-order chi connectivity index (χ0) is 33.4. The first-order chi connectivity index (χ1) is 22.7. The number of anilines is 1. The van der Waals surface area contributed by atoms with Crippen molar-refractivity contribution in [3.63, 3.8) is 0 Å². The highest BCUT2D eigenvalue weighted by atomic mass is 35.5. The Morgan fingerprint density at radius 1 is 0.936 bits per heavy atom. The average molecular weight is 678 g/mol. The highest BCUT2D eigenvalue weighted by Crippen LogP contribution is 2.32. The molecule has 4 aromatic rings. The van der Waals surface area contributed by atoms with Gasteiger partial charge in [0.1, 0.15) is 24.2 Å². The summed E-state index contributed by atoms with van der Waals surface area (Å²) in [6, 6.07) is 26.3. The second-order valence-corrected chi connectivity index (χ2v) is 13.7. The Kier molecular flexibility index (Phi) is 11.2. The van der Waals surface area contributed by atoms with Crippen LogP contribution in [0, 0.1) is 5.82 Å². The van der Waals surface area contributed by atoms with Crippen LogP contribution in [0.1, 0.15) is 36.8 Å². The maximum Gasteiger partial charge on any atom is 0.264 e. The van der Waals surface area contributed by atoms with Crippen molar-refractivity contribution in [3.8, 4) is 5.75 Å². The molecule has 47 heavy (non-hydrogen) atoms. The van der Waals surface area contributed by atoms with Gasteiger partial charge in [-0.25, -0.2) is 12.8 Å². The molecule has 0 heterocycles. The van der Waals surface area contributed by atoms with Crippen molar-refractivity contribution in [3.05, 3.63) is 125 Å². The van der Waals surface area contributed by atoms with Gasteiger partial charge < -0.3 is 15.0 Å². The van der Waals surface area contributed by atoms with Gasteiger partial charge in [-0.15, -0.1) is 0 Å². The van der Waals surface area contributed by atoms with Gasteiger partial charge in [0.05, 0.1) is 22.7 Å². The highest BCUT2D eigenvalue weighted by molar-refractivity contribution is 7.92. The number of benzene rings is 4. The Balaban J connectivity index is 1.58. The van der Waals surface area contributed by atoms with E-state index in [2.05, 4.69) is 5.32 Å². The summed E-state index contributed by atoms with van der Waals surface area (Å²) in [5, 5.41) is 3.25. The van der Waals surface area contributed by atoms with E-state index in [1.54, 1.807) is 36.4 Å². The Bertz CT molecular complexity index is 1790. The molecule has 0 saturated heterocycles. The zero-order valence-corrected chi connectivity index (χ0v) is 27.6. The van der Waals surface area contributed by atoms with Gasteiger partial charge in [0.25, 0.3) is 10.0 Å². The smallest absolute Gasteiger partial charge is 0.264 e. The lowest BCUT2D eigenvalue weighted by Crippen LogP contribution is -2.54. The number of carbonyl (C=O) groups is 2. The summed E-state index contributed by atoms with van der Waals surface area (Å²) in [5.74, 6) is -1.29. The molecular weight excluding hydrogens is 641 g/mol. The molecule has 1 aliphatic rings. The molecule has 246 valence electrons. The van der Waals surface area contributed by atoms with E-state index in [-0.39, 0.29) is 46.1 Å². The van der Waals surface area contributed by atoms with Crippen molar-refractivity contribution >= 4 is 39.1 Å². The Labute approximate surface area is 280 Å². The normalized spacial score (nSPS) is 13.9. The number of carbonyl (C=O) groups excluding carboxylic acids is 2. The molecule has 0 radical (unpaired) electrons. The fourth-order valence-corrected chi connectivity index (χ4v) is 7.47. The number of amides is 2. The molecule has 2 amide bonds. The fourth-order valence-electron chi connectivity index (χ4n) is 5.79. The topological polar surface area (TPSA) is 96.0 Å². The summed E-state index contributed by atoms with van der Waals surface area (Å²) < 4.78 is 49.6. The molecule has 1 aliphatic carbocycles.